The molecule has 192 valence electrons. The molecule has 3 unspecified atom stereocenters. The maximum atomic E-state index is 12.3. The highest BCUT2D eigenvalue weighted by Gasteiger charge is 2.76. The van der Waals surface area contributed by atoms with Crippen LogP contribution in [0.15, 0.2) is 42.6 Å². The number of fused-ring (bicyclic) bond motifs is 2. The van der Waals surface area contributed by atoms with Crippen LogP contribution in [0.2, 0.25) is 0 Å². The van der Waals surface area contributed by atoms with Gasteiger partial charge in [0.15, 0.2) is 0 Å². The number of aliphatic hydroxyl groups excluding tert-OH is 2. The van der Waals surface area contributed by atoms with Crippen molar-refractivity contribution in [1.82, 2.24) is 9.88 Å². The van der Waals surface area contributed by atoms with Crippen LogP contribution in [0.4, 0.5) is 0 Å². The second kappa shape index (κ2) is 7.39. The number of nitrogens with zero attached hydrogens (tertiary/aromatic N) is 2. The van der Waals surface area contributed by atoms with Crippen LogP contribution in [0.1, 0.15) is 57.4 Å². The molecule has 2 saturated heterocycles. The largest absolute Gasteiger partial charge is 0.390 e. The molecule has 9 atom stereocenters. The number of hydrogen-bond acceptors (Lipinski definition) is 6. The van der Waals surface area contributed by atoms with Crippen molar-refractivity contribution in [3.05, 3.63) is 48.2 Å². The molecule has 5 aliphatic rings. The monoisotopic (exact) mass is 490 g/mol. The van der Waals surface area contributed by atoms with E-state index in [2.05, 4.69) is 42.2 Å². The second-order valence-corrected chi connectivity index (χ2v) is 12.8. The molecule has 3 heterocycles. The molecule has 1 aromatic carbocycles. The number of aromatic nitrogens is 1. The molecule has 3 N–H and O–H groups in total. The Bertz CT molecular complexity index is 1260. The Morgan fingerprint density at radius 3 is 2.67 bits per heavy atom. The van der Waals surface area contributed by atoms with Gasteiger partial charge in [0, 0.05) is 29.5 Å². The average Bonchev–Trinajstić information content (AvgIpc) is 3.39. The summed E-state index contributed by atoms with van der Waals surface area (Å²) in [5.41, 5.74) is 1.44. The smallest absolute Gasteiger partial charge is 0.102 e. The van der Waals surface area contributed by atoms with Crippen LogP contribution in [-0.2, 0) is 4.74 Å². The van der Waals surface area contributed by atoms with Gasteiger partial charge in [0.25, 0.3) is 0 Å². The van der Waals surface area contributed by atoms with Crippen molar-refractivity contribution in [2.24, 2.45) is 17.3 Å². The van der Waals surface area contributed by atoms with Crippen molar-refractivity contribution in [2.45, 2.75) is 86.9 Å². The Morgan fingerprint density at radius 2 is 1.86 bits per heavy atom. The zero-order chi connectivity index (χ0) is 25.1. The van der Waals surface area contributed by atoms with E-state index in [-0.39, 0.29) is 23.3 Å². The number of pyridine rings is 1. The summed E-state index contributed by atoms with van der Waals surface area (Å²) in [5, 5.41) is 35.6. The standard InChI is InChI=1S/C30H38N2O4/c1-27-10-12-29(35)16-21-25(33)26(34)23(32(2)3)17-28(21)11-13-30(29,36-28)24(27)9-7-20(27)18-6-8-22-19(15-18)5-4-14-31-22/h4-8,14-15,21,23-26,33-35H,9-13,16-17H2,1-3H3/t21?,23-,24?,25+,26+,27+,28+,29?,30-/m0/s1. The van der Waals surface area contributed by atoms with E-state index in [1.165, 1.54) is 11.1 Å². The summed E-state index contributed by atoms with van der Waals surface area (Å²) in [6.45, 7) is 2.38. The quantitative estimate of drug-likeness (QED) is 0.597. The lowest BCUT2D eigenvalue weighted by atomic mass is 9.51. The van der Waals surface area contributed by atoms with Crippen LogP contribution < -0.4 is 0 Å². The first-order valence-corrected chi connectivity index (χ1v) is 13.6. The Morgan fingerprint density at radius 1 is 1.03 bits per heavy atom. The lowest BCUT2D eigenvalue weighted by Crippen LogP contribution is -2.73. The van der Waals surface area contributed by atoms with E-state index in [1.54, 1.807) is 0 Å². The Kier molecular flexibility index (Phi) is 4.78. The molecule has 2 aliphatic heterocycles. The molecule has 0 amide bonds. The molecule has 7 rings (SSSR count). The van der Waals surface area contributed by atoms with Gasteiger partial charge in [0.1, 0.15) is 5.60 Å². The second-order valence-electron chi connectivity index (χ2n) is 12.8. The van der Waals surface area contributed by atoms with Gasteiger partial charge < -0.3 is 25.0 Å². The number of rotatable bonds is 2. The summed E-state index contributed by atoms with van der Waals surface area (Å²) in [6.07, 6.45) is 7.79. The predicted octanol–water partition coefficient (Wildman–Crippen LogP) is 3.53. The first-order valence-electron chi connectivity index (χ1n) is 13.6. The van der Waals surface area contributed by atoms with Gasteiger partial charge in [-0.2, -0.15) is 0 Å². The number of likely N-dealkylation sites (N-methyl/N-ethyl adjacent to an activating group) is 1. The third-order valence-electron chi connectivity index (χ3n) is 11.2. The van der Waals surface area contributed by atoms with E-state index in [0.29, 0.717) is 19.3 Å². The third-order valence-corrected chi connectivity index (χ3v) is 11.2. The summed E-state index contributed by atoms with van der Waals surface area (Å²) in [7, 11) is 3.93. The van der Waals surface area contributed by atoms with Gasteiger partial charge in [-0.15, -0.1) is 0 Å². The van der Waals surface area contributed by atoms with E-state index in [4.69, 9.17) is 4.74 Å². The minimum atomic E-state index is -0.982. The molecule has 2 aromatic rings. The lowest BCUT2D eigenvalue weighted by Gasteiger charge is -2.65. The zero-order valence-corrected chi connectivity index (χ0v) is 21.5. The summed E-state index contributed by atoms with van der Waals surface area (Å²) in [4.78, 5) is 6.51. The van der Waals surface area contributed by atoms with E-state index in [1.807, 2.05) is 31.3 Å². The van der Waals surface area contributed by atoms with E-state index in [0.717, 1.165) is 36.6 Å². The molecular formula is C30H38N2O4. The van der Waals surface area contributed by atoms with Gasteiger partial charge in [-0.1, -0.05) is 25.1 Å². The molecule has 6 heteroatoms. The number of aliphatic hydroxyl groups is 3. The highest BCUT2D eigenvalue weighted by molar-refractivity contribution is 5.85. The van der Waals surface area contributed by atoms with Gasteiger partial charge in [0.05, 0.1) is 28.9 Å². The van der Waals surface area contributed by atoms with Crippen LogP contribution in [0, 0.1) is 17.3 Å². The fourth-order valence-corrected chi connectivity index (χ4v) is 9.30. The normalized spacial score (nSPS) is 47.4. The molecule has 3 aliphatic carbocycles. The molecule has 2 bridgehead atoms. The van der Waals surface area contributed by atoms with Gasteiger partial charge in [-0.25, -0.2) is 0 Å². The summed E-state index contributed by atoms with van der Waals surface area (Å²) in [5.74, 6) is -0.0547. The first kappa shape index (κ1) is 23.3. The minimum Gasteiger partial charge on any atom is -0.390 e. The minimum absolute atomic E-state index is 0.0891. The van der Waals surface area contributed by atoms with E-state index < -0.39 is 29.0 Å². The van der Waals surface area contributed by atoms with Crippen LogP contribution in [-0.4, -0.2) is 74.4 Å². The van der Waals surface area contributed by atoms with Crippen molar-refractivity contribution in [3.8, 4) is 0 Å². The van der Waals surface area contributed by atoms with Crippen LogP contribution in [0.3, 0.4) is 0 Å². The molecule has 6 nitrogen and oxygen atoms in total. The topological polar surface area (TPSA) is 86.1 Å². The van der Waals surface area contributed by atoms with E-state index >= 15 is 0 Å². The Labute approximate surface area is 213 Å². The molecule has 0 radical (unpaired) electrons. The predicted molar refractivity (Wildman–Crippen MR) is 138 cm³/mol. The van der Waals surface area contributed by atoms with Gasteiger partial charge in [-0.3, -0.25) is 4.98 Å². The van der Waals surface area contributed by atoms with Crippen molar-refractivity contribution in [2.75, 3.05) is 14.1 Å². The lowest BCUT2D eigenvalue weighted by molar-refractivity contribution is -0.331. The molecule has 36 heavy (non-hydrogen) atoms. The fraction of sp³-hybridized carbons (Fsp3) is 0.633. The summed E-state index contributed by atoms with van der Waals surface area (Å²) >= 11 is 0. The number of benzene rings is 1. The number of ether oxygens (including phenoxy) is 1. The summed E-state index contributed by atoms with van der Waals surface area (Å²) < 4.78 is 7.23. The number of allylic oxidation sites excluding steroid dienone is 2. The SMILES string of the molecule is CN(C)[C@H]1C[C@@]23CC[C@]4(O2)C2CC=C(c5ccc6ncccc6c5)[C@@]2(C)CCC4(O)CC3[C@@H](O)[C@@H]1O. The van der Waals surface area contributed by atoms with Crippen molar-refractivity contribution in [1.29, 1.82) is 0 Å². The van der Waals surface area contributed by atoms with Crippen LogP contribution >= 0.6 is 0 Å². The molecule has 2 saturated carbocycles. The maximum absolute atomic E-state index is 12.3. The first-order chi connectivity index (χ1) is 17.1. The summed E-state index contributed by atoms with van der Waals surface area (Å²) in [6, 6.07) is 10.5. The van der Waals surface area contributed by atoms with Gasteiger partial charge >= 0.3 is 0 Å². The van der Waals surface area contributed by atoms with Gasteiger partial charge in [0.2, 0.25) is 0 Å². The zero-order valence-electron chi connectivity index (χ0n) is 21.5. The molecular weight excluding hydrogens is 452 g/mol. The maximum Gasteiger partial charge on any atom is 0.102 e. The Balaban J connectivity index is 1.27. The van der Waals surface area contributed by atoms with Crippen LogP contribution in [0.5, 0.6) is 0 Å². The molecule has 2 spiro atoms. The van der Waals surface area contributed by atoms with Crippen molar-refractivity contribution < 1.29 is 20.1 Å². The van der Waals surface area contributed by atoms with Gasteiger partial charge in [-0.05, 0) is 93.8 Å². The molecule has 1 aromatic heterocycles. The highest BCUT2D eigenvalue weighted by Crippen LogP contribution is 2.71. The number of hydrogen-bond donors (Lipinski definition) is 3. The highest BCUT2D eigenvalue weighted by atomic mass is 16.6. The average molecular weight is 491 g/mol. The third kappa shape index (κ3) is 2.77. The van der Waals surface area contributed by atoms with Crippen molar-refractivity contribution in [3.63, 3.8) is 0 Å². The van der Waals surface area contributed by atoms with Crippen LogP contribution in [0.25, 0.3) is 16.5 Å². The van der Waals surface area contributed by atoms with Crippen molar-refractivity contribution >= 4 is 16.5 Å². The molecule has 4 fully saturated rings. The fourth-order valence-electron chi connectivity index (χ4n) is 9.30. The Hall–Kier alpha value is -1.83. The van der Waals surface area contributed by atoms with E-state index in [9.17, 15) is 15.3 Å².